The van der Waals surface area contributed by atoms with E-state index >= 15 is 0 Å². The van der Waals surface area contributed by atoms with Crippen LogP contribution in [0, 0.1) is 17.3 Å². The number of phenols is 1. The number of phenolic OH excluding ortho intramolecular Hbond substituents is 1. The van der Waals surface area contributed by atoms with E-state index < -0.39 is 6.10 Å². The van der Waals surface area contributed by atoms with Gasteiger partial charge in [-0.15, -0.1) is 0 Å². The number of oxime groups is 1. The highest BCUT2D eigenvalue weighted by Crippen LogP contribution is 2.60. The second kappa shape index (κ2) is 4.72. The molecule has 1 unspecified atom stereocenters. The Kier molecular flexibility index (Phi) is 3.02. The Morgan fingerprint density at radius 3 is 2.86 bits per heavy atom. The number of fused-ring (bicyclic) bond motifs is 5. The molecule has 2 fully saturated rings. The lowest BCUT2D eigenvalue weighted by Crippen LogP contribution is -2.44. The normalized spacial score (nSPS) is 41.8. The van der Waals surface area contributed by atoms with E-state index in [4.69, 9.17) is 0 Å². The average molecular weight is 301 g/mol. The van der Waals surface area contributed by atoms with Crippen molar-refractivity contribution >= 4 is 5.71 Å². The van der Waals surface area contributed by atoms with Gasteiger partial charge in [0, 0.05) is 5.41 Å². The molecule has 3 N–H and O–H groups in total. The lowest BCUT2D eigenvalue weighted by Gasteiger charge is -2.49. The summed E-state index contributed by atoms with van der Waals surface area (Å²) in [6.45, 7) is 2.16. The van der Waals surface area contributed by atoms with Crippen LogP contribution in [0.2, 0.25) is 0 Å². The van der Waals surface area contributed by atoms with Gasteiger partial charge in [0.15, 0.2) is 0 Å². The van der Waals surface area contributed by atoms with Crippen LogP contribution >= 0.6 is 0 Å². The minimum atomic E-state index is -0.607. The van der Waals surface area contributed by atoms with Crippen LogP contribution in [0.25, 0.3) is 0 Å². The molecule has 4 rings (SSSR count). The van der Waals surface area contributed by atoms with Crippen LogP contribution < -0.4 is 0 Å². The summed E-state index contributed by atoms with van der Waals surface area (Å²) in [6, 6.07) is 5.78. The van der Waals surface area contributed by atoms with Crippen molar-refractivity contribution in [3.8, 4) is 5.75 Å². The van der Waals surface area contributed by atoms with Crippen LogP contribution in [0.15, 0.2) is 23.4 Å². The van der Waals surface area contributed by atoms with E-state index in [1.165, 1.54) is 11.1 Å². The van der Waals surface area contributed by atoms with E-state index in [9.17, 15) is 15.4 Å². The highest BCUT2D eigenvalue weighted by molar-refractivity contribution is 5.91. The molecule has 5 atom stereocenters. The van der Waals surface area contributed by atoms with Gasteiger partial charge in [-0.2, -0.15) is 0 Å². The first kappa shape index (κ1) is 14.1. The molecule has 1 aromatic carbocycles. The van der Waals surface area contributed by atoms with Gasteiger partial charge < -0.3 is 15.4 Å². The van der Waals surface area contributed by atoms with Crippen LogP contribution in [0.4, 0.5) is 0 Å². The van der Waals surface area contributed by atoms with E-state index in [2.05, 4.69) is 18.1 Å². The van der Waals surface area contributed by atoms with E-state index in [0.29, 0.717) is 35.6 Å². The first-order chi connectivity index (χ1) is 10.5. The van der Waals surface area contributed by atoms with Gasteiger partial charge >= 0.3 is 0 Å². The van der Waals surface area contributed by atoms with Crippen LogP contribution in [0.3, 0.4) is 0 Å². The topological polar surface area (TPSA) is 73.1 Å². The maximum Gasteiger partial charge on any atom is 0.115 e. The molecule has 22 heavy (non-hydrogen) atoms. The monoisotopic (exact) mass is 301 g/mol. The maximum absolute atomic E-state index is 10.5. The van der Waals surface area contributed by atoms with E-state index in [-0.39, 0.29) is 5.41 Å². The Morgan fingerprint density at radius 2 is 2.09 bits per heavy atom. The van der Waals surface area contributed by atoms with Gasteiger partial charge in [-0.3, -0.25) is 0 Å². The fourth-order valence-electron chi connectivity index (χ4n) is 5.45. The molecule has 4 heteroatoms. The van der Waals surface area contributed by atoms with E-state index in [1.54, 1.807) is 6.07 Å². The van der Waals surface area contributed by atoms with Gasteiger partial charge in [0.2, 0.25) is 0 Å². The number of aliphatic hydroxyl groups is 1. The number of aliphatic hydroxyl groups excluding tert-OH is 1. The Bertz CT molecular complexity index is 641. The maximum atomic E-state index is 10.5. The Morgan fingerprint density at radius 1 is 1.27 bits per heavy atom. The summed E-state index contributed by atoms with van der Waals surface area (Å²) in [5, 5.41) is 32.8. The second-order valence-corrected chi connectivity index (χ2v) is 7.54. The van der Waals surface area contributed by atoms with Crippen LogP contribution in [-0.2, 0) is 6.42 Å². The summed E-state index contributed by atoms with van der Waals surface area (Å²) in [6.07, 6.45) is 4.20. The second-order valence-electron chi connectivity index (χ2n) is 7.54. The lowest BCUT2D eigenvalue weighted by atomic mass is 9.55. The predicted octanol–water partition coefficient (Wildman–Crippen LogP) is 3.05. The van der Waals surface area contributed by atoms with Gasteiger partial charge in [0.1, 0.15) is 11.9 Å². The molecule has 2 saturated carbocycles. The van der Waals surface area contributed by atoms with Gasteiger partial charge in [-0.25, -0.2) is 0 Å². The zero-order chi connectivity index (χ0) is 15.5. The molecule has 0 saturated heterocycles. The number of hydrogen-bond donors (Lipinski definition) is 3. The van der Waals surface area contributed by atoms with Gasteiger partial charge in [-0.1, -0.05) is 18.1 Å². The lowest BCUT2D eigenvalue weighted by molar-refractivity contribution is -0.0121. The van der Waals surface area contributed by atoms with Crippen LogP contribution in [0.1, 0.15) is 49.7 Å². The van der Waals surface area contributed by atoms with Gasteiger partial charge in [-0.05, 0) is 73.1 Å². The molecule has 0 heterocycles. The molecule has 0 radical (unpaired) electrons. The number of nitrogens with zero attached hydrogens (tertiary/aromatic N) is 1. The Labute approximate surface area is 130 Å². The molecule has 0 bridgehead atoms. The molecule has 3 aliphatic carbocycles. The highest BCUT2D eigenvalue weighted by Gasteiger charge is 2.57. The first-order valence-electron chi connectivity index (χ1n) is 8.25. The number of aryl methyl sites for hydroxylation is 1. The minimum absolute atomic E-state index is 0.156. The molecule has 0 aromatic heterocycles. The van der Waals surface area contributed by atoms with Crippen LogP contribution in [0.5, 0.6) is 5.75 Å². The van der Waals surface area contributed by atoms with Crippen molar-refractivity contribution in [2.24, 2.45) is 22.4 Å². The molecule has 0 spiro atoms. The quantitative estimate of drug-likeness (QED) is 0.509. The first-order valence-corrected chi connectivity index (χ1v) is 8.25. The molecule has 118 valence electrons. The molecule has 3 aliphatic rings. The molecular weight excluding hydrogens is 278 g/mol. The van der Waals surface area contributed by atoms with Gasteiger partial charge in [0.25, 0.3) is 0 Å². The van der Waals surface area contributed by atoms with Crippen LogP contribution in [-0.4, -0.2) is 27.2 Å². The highest BCUT2D eigenvalue weighted by atomic mass is 16.4. The van der Waals surface area contributed by atoms with E-state index in [1.807, 2.05) is 6.07 Å². The zero-order valence-corrected chi connectivity index (χ0v) is 12.9. The Hall–Kier alpha value is -1.55. The number of hydrogen-bond acceptors (Lipinski definition) is 4. The van der Waals surface area contributed by atoms with Crippen molar-refractivity contribution in [2.45, 2.75) is 51.0 Å². The van der Waals surface area contributed by atoms with Crippen molar-refractivity contribution in [1.29, 1.82) is 0 Å². The Balaban J connectivity index is 1.72. The number of aromatic hydroxyl groups is 1. The third kappa shape index (κ3) is 1.76. The minimum Gasteiger partial charge on any atom is -0.508 e. The van der Waals surface area contributed by atoms with Crippen molar-refractivity contribution < 1.29 is 15.4 Å². The zero-order valence-electron chi connectivity index (χ0n) is 12.9. The summed E-state index contributed by atoms with van der Waals surface area (Å²) >= 11 is 0. The van der Waals surface area contributed by atoms with Crippen molar-refractivity contribution in [2.75, 3.05) is 0 Å². The fourth-order valence-corrected chi connectivity index (χ4v) is 5.45. The summed E-state index contributed by atoms with van der Waals surface area (Å²) in [5.41, 5.74) is 3.06. The standard InChI is InChI=1S/C18H23NO3/c1-18-7-6-13-12-5-3-11(20)8-10(12)2-4-14(13)15(18)9-16(19-22)17(18)21/h3,5,8,13-15,17,20-22H,2,4,6-7,9H2,1H3/t13-,14-,15+,17?,18+/m1/s1. The molecule has 0 aliphatic heterocycles. The van der Waals surface area contributed by atoms with Crippen molar-refractivity contribution in [3.63, 3.8) is 0 Å². The number of benzene rings is 1. The molecule has 1 aromatic rings. The SMILES string of the molecule is C[C@]12CC[C@@H]3c4ccc(O)cc4CC[C@H]3[C@@H]1CC(=NO)C2O. The summed E-state index contributed by atoms with van der Waals surface area (Å²) in [7, 11) is 0. The predicted molar refractivity (Wildman–Crippen MR) is 83.3 cm³/mol. The fraction of sp³-hybridized carbons (Fsp3) is 0.611. The average Bonchev–Trinajstić information content (AvgIpc) is 2.78. The summed E-state index contributed by atoms with van der Waals surface area (Å²) in [4.78, 5) is 0. The summed E-state index contributed by atoms with van der Waals surface area (Å²) < 4.78 is 0. The summed E-state index contributed by atoms with van der Waals surface area (Å²) in [5.74, 6) is 1.77. The number of rotatable bonds is 0. The molecule has 4 nitrogen and oxygen atoms in total. The van der Waals surface area contributed by atoms with E-state index in [0.717, 1.165) is 25.7 Å². The largest absolute Gasteiger partial charge is 0.508 e. The molecular formula is C18H23NO3. The third-order valence-electron chi connectivity index (χ3n) is 6.65. The third-order valence-corrected chi connectivity index (χ3v) is 6.65. The molecule has 0 amide bonds. The van der Waals surface area contributed by atoms with Gasteiger partial charge in [0.05, 0.1) is 5.71 Å². The smallest absolute Gasteiger partial charge is 0.115 e. The van der Waals surface area contributed by atoms with Crippen molar-refractivity contribution in [3.05, 3.63) is 29.3 Å². The van der Waals surface area contributed by atoms with Crippen molar-refractivity contribution in [1.82, 2.24) is 0 Å².